The van der Waals surface area contributed by atoms with Crippen molar-refractivity contribution in [3.05, 3.63) is 0 Å². The van der Waals surface area contributed by atoms with E-state index in [-0.39, 0.29) is 108 Å². The van der Waals surface area contributed by atoms with Gasteiger partial charge in [-0.25, -0.2) is 10.1 Å². The van der Waals surface area contributed by atoms with Gasteiger partial charge in [0.15, 0.2) is 0 Å². The number of carbonyl (C=O) groups excluding carboxylic acids is 4. The zero-order valence-corrected chi connectivity index (χ0v) is 19.0. The zero-order valence-electron chi connectivity index (χ0n) is 15.0. The van der Waals surface area contributed by atoms with Crippen LogP contribution in [0.25, 0.3) is 0 Å². The molecule has 0 radical (unpaired) electrons. The SMILES string of the molecule is O=CN(O)C1(C(=O)[O-])CCCC1.O=CN(O)C1(C(=O)[O-])CCCC1.[Na+].[Na+]. The van der Waals surface area contributed by atoms with Gasteiger partial charge < -0.3 is 19.8 Å². The predicted molar refractivity (Wildman–Crippen MR) is 71.8 cm³/mol. The van der Waals surface area contributed by atoms with E-state index in [0.717, 1.165) is 0 Å². The maximum absolute atomic E-state index is 10.7. The van der Waals surface area contributed by atoms with Crippen molar-refractivity contribution in [3.63, 3.8) is 0 Å². The minimum atomic E-state index is -1.47. The number of rotatable bonds is 6. The molecule has 0 aromatic carbocycles. The molecule has 2 saturated carbocycles. The summed E-state index contributed by atoms with van der Waals surface area (Å²) < 4.78 is 0. The Labute approximate surface area is 195 Å². The smallest absolute Gasteiger partial charge is 0.547 e. The van der Waals surface area contributed by atoms with Gasteiger partial charge in [0.05, 0.1) is 11.9 Å². The molecule has 0 spiro atoms. The number of carbonyl (C=O) groups is 4. The van der Waals surface area contributed by atoms with Gasteiger partial charge in [0, 0.05) is 0 Å². The summed E-state index contributed by atoms with van der Waals surface area (Å²) in [6, 6.07) is 0. The number of carboxylic acid groups (broad SMARTS) is 2. The Balaban J connectivity index is 0. The second kappa shape index (κ2) is 12.3. The van der Waals surface area contributed by atoms with Crippen molar-refractivity contribution in [2.75, 3.05) is 0 Å². The zero-order chi connectivity index (χ0) is 18.4. The molecular weight excluding hydrogens is 370 g/mol. The van der Waals surface area contributed by atoms with Crippen molar-refractivity contribution in [1.82, 2.24) is 10.1 Å². The van der Waals surface area contributed by atoms with E-state index >= 15 is 0 Å². The largest absolute Gasteiger partial charge is 1.00 e. The van der Waals surface area contributed by atoms with Gasteiger partial charge >= 0.3 is 59.1 Å². The Morgan fingerprint density at radius 1 is 0.731 bits per heavy atom. The van der Waals surface area contributed by atoms with Crippen LogP contribution >= 0.6 is 0 Å². The van der Waals surface area contributed by atoms with E-state index in [4.69, 9.17) is 10.4 Å². The molecule has 26 heavy (non-hydrogen) atoms. The second-order valence-electron chi connectivity index (χ2n) is 5.95. The summed E-state index contributed by atoms with van der Waals surface area (Å²) in [6.45, 7) is 0. The number of amides is 2. The summed E-state index contributed by atoms with van der Waals surface area (Å²) in [5.74, 6) is -2.76. The Morgan fingerprint density at radius 2 is 0.962 bits per heavy atom. The third kappa shape index (κ3) is 5.90. The molecule has 2 N–H and O–H groups in total. The van der Waals surface area contributed by atoms with Gasteiger partial charge in [0.25, 0.3) is 0 Å². The van der Waals surface area contributed by atoms with Gasteiger partial charge in [0.2, 0.25) is 12.8 Å². The second-order valence-corrected chi connectivity index (χ2v) is 5.95. The van der Waals surface area contributed by atoms with Gasteiger partial charge in [-0.3, -0.25) is 20.0 Å². The van der Waals surface area contributed by atoms with Crippen LogP contribution in [0.1, 0.15) is 51.4 Å². The van der Waals surface area contributed by atoms with E-state index in [1.165, 1.54) is 0 Å². The summed E-state index contributed by atoms with van der Waals surface area (Å²) in [5.41, 5.74) is -2.94. The first-order valence-corrected chi connectivity index (χ1v) is 7.57. The summed E-state index contributed by atoms with van der Waals surface area (Å²) in [7, 11) is 0. The molecular formula is C14H20N2Na2O8. The summed E-state index contributed by atoms with van der Waals surface area (Å²) in [4.78, 5) is 41.7. The van der Waals surface area contributed by atoms with Crippen molar-refractivity contribution < 1.29 is 98.9 Å². The summed E-state index contributed by atoms with van der Waals surface area (Å²) in [6.07, 6.45) is 4.07. The summed E-state index contributed by atoms with van der Waals surface area (Å²) >= 11 is 0. The van der Waals surface area contributed by atoms with Crippen LogP contribution in [0, 0.1) is 0 Å². The third-order valence-electron chi connectivity index (χ3n) is 4.70. The average molecular weight is 390 g/mol. The Kier molecular flexibility index (Phi) is 13.2. The average Bonchev–Trinajstić information content (AvgIpc) is 3.24. The quantitative estimate of drug-likeness (QED) is 0.196. The molecule has 2 rings (SSSR count). The molecule has 2 aliphatic carbocycles. The van der Waals surface area contributed by atoms with Crippen LogP contribution in [-0.2, 0) is 19.2 Å². The molecule has 10 nitrogen and oxygen atoms in total. The van der Waals surface area contributed by atoms with Crippen LogP contribution in [0.4, 0.5) is 0 Å². The number of carboxylic acids is 2. The topological polar surface area (TPSA) is 161 Å². The Bertz CT molecular complexity index is 449. The van der Waals surface area contributed by atoms with Crippen molar-refractivity contribution in [2.24, 2.45) is 0 Å². The van der Waals surface area contributed by atoms with Gasteiger partial charge in [-0.2, -0.15) is 0 Å². The molecule has 0 aliphatic heterocycles. The van der Waals surface area contributed by atoms with E-state index < -0.39 is 23.0 Å². The van der Waals surface area contributed by atoms with Crippen molar-refractivity contribution in [3.8, 4) is 0 Å². The minimum Gasteiger partial charge on any atom is -0.547 e. The maximum Gasteiger partial charge on any atom is 1.00 e. The van der Waals surface area contributed by atoms with E-state index in [2.05, 4.69) is 0 Å². The maximum atomic E-state index is 10.7. The number of hydrogen-bond donors (Lipinski definition) is 2. The fraction of sp³-hybridized carbons (Fsp3) is 0.714. The van der Waals surface area contributed by atoms with E-state index in [9.17, 15) is 29.4 Å². The number of hydrogen-bond acceptors (Lipinski definition) is 8. The van der Waals surface area contributed by atoms with Gasteiger partial charge in [-0.15, -0.1) is 0 Å². The van der Waals surface area contributed by atoms with Crippen LogP contribution in [-0.4, -0.2) is 56.4 Å². The Hall–Kier alpha value is -0.200. The molecule has 0 saturated heterocycles. The van der Waals surface area contributed by atoms with E-state index in [1.807, 2.05) is 0 Å². The van der Waals surface area contributed by atoms with Gasteiger partial charge in [-0.1, -0.05) is 25.7 Å². The summed E-state index contributed by atoms with van der Waals surface area (Å²) in [5, 5.41) is 39.8. The molecule has 0 heterocycles. The number of aliphatic carboxylic acids is 2. The first-order chi connectivity index (χ1) is 11.3. The molecule has 0 aromatic rings. The molecule has 2 aliphatic rings. The van der Waals surface area contributed by atoms with Gasteiger partial charge in [0.1, 0.15) is 11.1 Å². The first kappa shape index (κ1) is 28.0. The van der Waals surface area contributed by atoms with Crippen molar-refractivity contribution >= 4 is 24.8 Å². The normalized spacial score (nSPS) is 18.8. The standard InChI is InChI=1S/2C7H11NO4.2Na/c2*9-5-8(12)7(6(10)11)3-1-2-4-7;;/h2*5,12H,1-4H2,(H,10,11);;/q;;2*+1/p-2. The molecule has 2 fully saturated rings. The predicted octanol–water partition coefficient (Wildman–Crippen LogP) is -8.20. The molecule has 2 amide bonds. The van der Waals surface area contributed by atoms with Crippen LogP contribution < -0.4 is 69.3 Å². The molecule has 12 heteroatoms. The monoisotopic (exact) mass is 390 g/mol. The molecule has 0 aromatic heterocycles. The fourth-order valence-electron chi connectivity index (χ4n) is 3.18. The van der Waals surface area contributed by atoms with Gasteiger partial charge in [-0.05, 0) is 25.7 Å². The molecule has 136 valence electrons. The van der Waals surface area contributed by atoms with E-state index in [0.29, 0.717) is 25.7 Å². The fourth-order valence-corrected chi connectivity index (χ4v) is 3.18. The first-order valence-electron chi connectivity index (χ1n) is 7.57. The Morgan fingerprint density at radius 3 is 1.12 bits per heavy atom. The third-order valence-corrected chi connectivity index (χ3v) is 4.70. The molecule has 0 unspecified atom stereocenters. The number of hydroxylamine groups is 4. The number of nitrogens with zero attached hydrogens (tertiary/aromatic N) is 2. The van der Waals surface area contributed by atoms with Crippen LogP contribution in [0.5, 0.6) is 0 Å². The van der Waals surface area contributed by atoms with Crippen LogP contribution in [0.15, 0.2) is 0 Å². The minimum absolute atomic E-state index is 0. The van der Waals surface area contributed by atoms with E-state index in [1.54, 1.807) is 0 Å². The molecule has 0 atom stereocenters. The van der Waals surface area contributed by atoms with Crippen molar-refractivity contribution in [1.29, 1.82) is 0 Å². The van der Waals surface area contributed by atoms with Crippen LogP contribution in [0.3, 0.4) is 0 Å². The van der Waals surface area contributed by atoms with Crippen LogP contribution in [0.2, 0.25) is 0 Å². The van der Waals surface area contributed by atoms with Crippen molar-refractivity contribution in [2.45, 2.75) is 62.4 Å². The molecule has 0 bridgehead atoms.